The van der Waals surface area contributed by atoms with Gasteiger partial charge in [-0.3, -0.25) is 4.79 Å². The summed E-state index contributed by atoms with van der Waals surface area (Å²) in [6, 6.07) is 21.5. The van der Waals surface area contributed by atoms with Crippen molar-refractivity contribution in [3.05, 3.63) is 72.3 Å². The maximum absolute atomic E-state index is 12.5. The molecule has 0 saturated carbocycles. The first-order valence-electron chi connectivity index (χ1n) is 7.21. The van der Waals surface area contributed by atoms with Crippen LogP contribution in [0.3, 0.4) is 0 Å². The molecule has 0 atom stereocenters. The van der Waals surface area contributed by atoms with E-state index in [2.05, 4.69) is 5.32 Å². The molecule has 0 unspecified atom stereocenters. The molecule has 110 valence electrons. The number of rotatable bonds is 3. The van der Waals surface area contributed by atoms with Gasteiger partial charge >= 0.3 is 0 Å². The summed E-state index contributed by atoms with van der Waals surface area (Å²) in [7, 11) is 3.92. The van der Waals surface area contributed by atoms with Crippen LogP contribution < -0.4 is 10.2 Å². The number of benzene rings is 3. The highest BCUT2D eigenvalue weighted by atomic mass is 16.1. The molecule has 0 aliphatic carbocycles. The van der Waals surface area contributed by atoms with Gasteiger partial charge in [0, 0.05) is 19.7 Å². The number of hydrogen-bond acceptors (Lipinski definition) is 2. The molecule has 0 saturated heterocycles. The quantitative estimate of drug-likeness (QED) is 0.785. The maximum Gasteiger partial charge on any atom is 0.255 e. The van der Waals surface area contributed by atoms with Gasteiger partial charge in [0.2, 0.25) is 0 Å². The van der Waals surface area contributed by atoms with Crippen LogP contribution in [0, 0.1) is 0 Å². The third kappa shape index (κ3) is 2.79. The Morgan fingerprint density at radius 2 is 1.55 bits per heavy atom. The average Bonchev–Trinajstić information content (AvgIpc) is 2.54. The Bertz CT molecular complexity index is 824. The smallest absolute Gasteiger partial charge is 0.255 e. The number of hydrogen-bond donors (Lipinski definition) is 1. The van der Waals surface area contributed by atoms with Gasteiger partial charge < -0.3 is 10.2 Å². The van der Waals surface area contributed by atoms with E-state index in [1.807, 2.05) is 85.7 Å². The van der Waals surface area contributed by atoms with Crippen molar-refractivity contribution in [1.29, 1.82) is 0 Å². The Kier molecular flexibility index (Phi) is 3.79. The van der Waals surface area contributed by atoms with E-state index in [-0.39, 0.29) is 5.91 Å². The van der Waals surface area contributed by atoms with Crippen LogP contribution in [-0.4, -0.2) is 20.0 Å². The predicted molar refractivity (Wildman–Crippen MR) is 92.7 cm³/mol. The molecule has 3 aromatic carbocycles. The van der Waals surface area contributed by atoms with E-state index in [1.165, 1.54) is 0 Å². The highest BCUT2D eigenvalue weighted by molar-refractivity contribution is 6.07. The van der Waals surface area contributed by atoms with E-state index in [4.69, 9.17) is 0 Å². The number of nitrogens with one attached hydrogen (secondary N) is 1. The van der Waals surface area contributed by atoms with E-state index in [0.29, 0.717) is 5.56 Å². The van der Waals surface area contributed by atoms with Crippen LogP contribution in [0.4, 0.5) is 11.4 Å². The zero-order valence-electron chi connectivity index (χ0n) is 12.7. The van der Waals surface area contributed by atoms with Gasteiger partial charge in [0.1, 0.15) is 0 Å². The van der Waals surface area contributed by atoms with Gasteiger partial charge in [-0.15, -0.1) is 0 Å². The van der Waals surface area contributed by atoms with Gasteiger partial charge in [0.15, 0.2) is 0 Å². The minimum atomic E-state index is -0.0972. The van der Waals surface area contributed by atoms with Crippen LogP contribution >= 0.6 is 0 Å². The second-order valence-corrected chi connectivity index (χ2v) is 5.43. The highest BCUT2D eigenvalue weighted by Gasteiger charge is 2.10. The lowest BCUT2D eigenvalue weighted by Crippen LogP contribution is -2.16. The van der Waals surface area contributed by atoms with E-state index >= 15 is 0 Å². The standard InChI is InChI=1S/C19H18N2O/c1-21(2)18-10-6-5-9-17(18)20-19(22)16-12-11-14-7-3-4-8-15(14)13-16/h3-13H,1-2H3,(H,20,22). The van der Waals surface area contributed by atoms with Crippen molar-refractivity contribution in [3.63, 3.8) is 0 Å². The lowest BCUT2D eigenvalue weighted by molar-refractivity contribution is 0.102. The number of amides is 1. The first kappa shape index (κ1) is 14.1. The van der Waals surface area contributed by atoms with E-state index in [0.717, 1.165) is 22.1 Å². The Hall–Kier alpha value is -2.81. The molecular weight excluding hydrogens is 272 g/mol. The Morgan fingerprint density at radius 1 is 0.864 bits per heavy atom. The van der Waals surface area contributed by atoms with Crippen molar-refractivity contribution in [1.82, 2.24) is 0 Å². The summed E-state index contributed by atoms with van der Waals surface area (Å²) < 4.78 is 0. The molecule has 0 spiro atoms. The van der Waals surface area contributed by atoms with E-state index in [9.17, 15) is 4.79 Å². The molecule has 3 nitrogen and oxygen atoms in total. The number of nitrogens with zero attached hydrogens (tertiary/aromatic N) is 1. The largest absolute Gasteiger partial charge is 0.376 e. The van der Waals surface area contributed by atoms with Gasteiger partial charge in [0.05, 0.1) is 11.4 Å². The summed E-state index contributed by atoms with van der Waals surface area (Å²) in [6.07, 6.45) is 0. The summed E-state index contributed by atoms with van der Waals surface area (Å²) in [4.78, 5) is 14.5. The lowest BCUT2D eigenvalue weighted by atomic mass is 10.1. The molecular formula is C19H18N2O. The molecule has 0 aliphatic rings. The summed E-state index contributed by atoms with van der Waals surface area (Å²) >= 11 is 0. The van der Waals surface area contributed by atoms with Crippen LogP contribution in [-0.2, 0) is 0 Å². The first-order valence-corrected chi connectivity index (χ1v) is 7.21. The molecule has 3 rings (SSSR count). The van der Waals surface area contributed by atoms with Crippen molar-refractivity contribution in [2.24, 2.45) is 0 Å². The fraction of sp³-hybridized carbons (Fsp3) is 0.105. The average molecular weight is 290 g/mol. The molecule has 1 amide bonds. The molecule has 22 heavy (non-hydrogen) atoms. The highest BCUT2D eigenvalue weighted by Crippen LogP contribution is 2.24. The molecule has 0 heterocycles. The number of carbonyl (C=O) groups is 1. The van der Waals surface area contributed by atoms with Crippen molar-refractivity contribution in [2.45, 2.75) is 0 Å². The maximum atomic E-state index is 12.5. The Morgan fingerprint density at radius 3 is 2.32 bits per heavy atom. The van der Waals surface area contributed by atoms with E-state index in [1.54, 1.807) is 0 Å². The number of carbonyl (C=O) groups excluding carboxylic acids is 1. The second-order valence-electron chi connectivity index (χ2n) is 5.43. The Balaban J connectivity index is 1.90. The Labute approximate surface area is 130 Å². The SMILES string of the molecule is CN(C)c1ccccc1NC(=O)c1ccc2ccccc2c1. The van der Waals surface area contributed by atoms with Crippen LogP contribution in [0.5, 0.6) is 0 Å². The van der Waals surface area contributed by atoms with Crippen molar-refractivity contribution in [3.8, 4) is 0 Å². The van der Waals surface area contributed by atoms with Crippen LogP contribution in [0.1, 0.15) is 10.4 Å². The fourth-order valence-electron chi connectivity index (χ4n) is 2.49. The fourth-order valence-corrected chi connectivity index (χ4v) is 2.49. The van der Waals surface area contributed by atoms with Crippen LogP contribution in [0.15, 0.2) is 66.7 Å². The molecule has 0 fully saturated rings. The number of anilines is 2. The zero-order chi connectivity index (χ0) is 15.5. The van der Waals surface area contributed by atoms with Crippen LogP contribution in [0.25, 0.3) is 10.8 Å². The molecule has 0 aliphatic heterocycles. The van der Waals surface area contributed by atoms with Gasteiger partial charge in [-0.1, -0.05) is 42.5 Å². The second kappa shape index (κ2) is 5.90. The third-order valence-corrected chi connectivity index (χ3v) is 3.65. The molecule has 3 aromatic rings. The molecule has 0 radical (unpaired) electrons. The van der Waals surface area contributed by atoms with Crippen molar-refractivity contribution < 1.29 is 4.79 Å². The predicted octanol–water partition coefficient (Wildman–Crippen LogP) is 4.16. The summed E-state index contributed by atoms with van der Waals surface area (Å²) in [5, 5.41) is 5.19. The van der Waals surface area contributed by atoms with Crippen molar-refractivity contribution in [2.75, 3.05) is 24.3 Å². The topological polar surface area (TPSA) is 32.3 Å². The van der Waals surface area contributed by atoms with Crippen LogP contribution in [0.2, 0.25) is 0 Å². The monoisotopic (exact) mass is 290 g/mol. The first-order chi connectivity index (χ1) is 10.6. The molecule has 3 heteroatoms. The van der Waals surface area contributed by atoms with Gasteiger partial charge in [0.25, 0.3) is 5.91 Å². The van der Waals surface area contributed by atoms with E-state index < -0.39 is 0 Å². The van der Waals surface area contributed by atoms with Crippen molar-refractivity contribution >= 4 is 28.1 Å². The van der Waals surface area contributed by atoms with Gasteiger partial charge in [-0.05, 0) is 35.0 Å². The normalized spacial score (nSPS) is 10.5. The lowest BCUT2D eigenvalue weighted by Gasteiger charge is -2.17. The number of para-hydroxylation sites is 2. The minimum Gasteiger partial charge on any atom is -0.376 e. The molecule has 0 bridgehead atoms. The summed E-state index contributed by atoms with van der Waals surface area (Å²) in [5.74, 6) is -0.0972. The minimum absolute atomic E-state index is 0.0972. The van der Waals surface area contributed by atoms with Gasteiger partial charge in [-0.2, -0.15) is 0 Å². The zero-order valence-corrected chi connectivity index (χ0v) is 12.7. The third-order valence-electron chi connectivity index (χ3n) is 3.65. The summed E-state index contributed by atoms with van der Waals surface area (Å²) in [6.45, 7) is 0. The molecule has 0 aromatic heterocycles. The summed E-state index contributed by atoms with van der Waals surface area (Å²) in [5.41, 5.74) is 2.45. The number of fused-ring (bicyclic) bond motifs is 1. The van der Waals surface area contributed by atoms with Gasteiger partial charge in [-0.25, -0.2) is 0 Å². The molecule has 1 N–H and O–H groups in total.